The highest BCUT2D eigenvalue weighted by Gasteiger charge is 2.13. The van der Waals surface area contributed by atoms with Crippen molar-refractivity contribution in [2.75, 3.05) is 13.2 Å². The third-order valence-corrected chi connectivity index (χ3v) is 1.58. The van der Waals surface area contributed by atoms with Crippen molar-refractivity contribution >= 4 is 0 Å². The Labute approximate surface area is 74.2 Å². The Bertz CT molecular complexity index is 173. The highest BCUT2D eigenvalue weighted by atomic mass is 16.3. The molecule has 0 aromatic heterocycles. The number of rotatable bonds is 3. The topological polar surface area (TPSA) is 40.5 Å². The normalized spacial score (nSPS) is 14.2. The van der Waals surface area contributed by atoms with Gasteiger partial charge in [-0.1, -0.05) is 39.0 Å². The fourth-order valence-corrected chi connectivity index (χ4v) is 0.902. The van der Waals surface area contributed by atoms with Gasteiger partial charge < -0.3 is 10.2 Å². The van der Waals surface area contributed by atoms with Crippen LogP contribution in [0.4, 0.5) is 0 Å². The lowest BCUT2D eigenvalue weighted by Crippen LogP contribution is -2.08. The van der Waals surface area contributed by atoms with Crippen LogP contribution in [0.25, 0.3) is 0 Å². The first kappa shape index (κ1) is 11.4. The van der Waals surface area contributed by atoms with Gasteiger partial charge in [0.05, 0.1) is 13.2 Å². The Hall–Kier alpha value is -0.600. The van der Waals surface area contributed by atoms with Crippen molar-refractivity contribution in [2.45, 2.75) is 20.8 Å². The summed E-state index contributed by atoms with van der Waals surface area (Å²) in [7, 11) is 0. The summed E-state index contributed by atoms with van der Waals surface area (Å²) >= 11 is 0. The second-order valence-electron chi connectivity index (χ2n) is 3.68. The molecule has 0 fully saturated rings. The zero-order valence-electron chi connectivity index (χ0n) is 8.04. The zero-order valence-corrected chi connectivity index (χ0v) is 8.04. The second-order valence-corrected chi connectivity index (χ2v) is 3.68. The van der Waals surface area contributed by atoms with Gasteiger partial charge in [0.2, 0.25) is 0 Å². The van der Waals surface area contributed by atoms with Crippen LogP contribution in [0.2, 0.25) is 0 Å². The van der Waals surface area contributed by atoms with Gasteiger partial charge in [-0.3, -0.25) is 0 Å². The molecule has 0 saturated carbocycles. The standard InChI is InChI=1S/C10H18O2/c1-10(2,3)9(6-8-12)5-4-7-11/h4-6,11-12H,7-8H2,1-3H3/b5-4+,9-6-. The van der Waals surface area contributed by atoms with Crippen molar-refractivity contribution in [3.8, 4) is 0 Å². The summed E-state index contributed by atoms with van der Waals surface area (Å²) in [6.07, 6.45) is 5.27. The molecule has 0 aliphatic heterocycles. The smallest absolute Gasteiger partial charge is 0.0618 e. The quantitative estimate of drug-likeness (QED) is 0.630. The van der Waals surface area contributed by atoms with Gasteiger partial charge in [-0.2, -0.15) is 0 Å². The molecule has 0 heterocycles. The molecule has 0 spiro atoms. The van der Waals surface area contributed by atoms with Gasteiger partial charge in [0.1, 0.15) is 0 Å². The zero-order chi connectivity index (χ0) is 9.61. The molecule has 12 heavy (non-hydrogen) atoms. The lowest BCUT2D eigenvalue weighted by atomic mass is 9.86. The Morgan fingerprint density at radius 2 is 1.75 bits per heavy atom. The maximum absolute atomic E-state index is 8.73. The van der Waals surface area contributed by atoms with Crippen molar-refractivity contribution in [1.82, 2.24) is 0 Å². The maximum atomic E-state index is 8.73. The first-order chi connectivity index (χ1) is 5.52. The summed E-state index contributed by atoms with van der Waals surface area (Å²) in [5, 5.41) is 17.3. The summed E-state index contributed by atoms with van der Waals surface area (Å²) in [6, 6.07) is 0. The largest absolute Gasteiger partial charge is 0.392 e. The lowest BCUT2D eigenvalue weighted by molar-refractivity contribution is 0.337. The van der Waals surface area contributed by atoms with Gasteiger partial charge >= 0.3 is 0 Å². The molecule has 70 valence electrons. The lowest BCUT2D eigenvalue weighted by Gasteiger charge is -2.20. The van der Waals surface area contributed by atoms with Gasteiger partial charge in [0.25, 0.3) is 0 Å². The van der Waals surface area contributed by atoms with Crippen molar-refractivity contribution < 1.29 is 10.2 Å². The number of aliphatic hydroxyl groups excluding tert-OH is 2. The highest BCUT2D eigenvalue weighted by molar-refractivity contribution is 5.24. The van der Waals surface area contributed by atoms with Crippen LogP contribution in [0.15, 0.2) is 23.8 Å². The van der Waals surface area contributed by atoms with Crippen LogP contribution in [-0.4, -0.2) is 23.4 Å². The van der Waals surface area contributed by atoms with Crippen LogP contribution < -0.4 is 0 Å². The number of allylic oxidation sites excluding steroid dienone is 2. The van der Waals surface area contributed by atoms with E-state index in [0.717, 1.165) is 5.57 Å². The Kier molecular flexibility index (Phi) is 4.86. The van der Waals surface area contributed by atoms with Gasteiger partial charge in [-0.25, -0.2) is 0 Å². The molecule has 0 atom stereocenters. The summed E-state index contributed by atoms with van der Waals surface area (Å²) in [5.41, 5.74) is 1.06. The van der Waals surface area contributed by atoms with Gasteiger partial charge in [-0.05, 0) is 11.0 Å². The number of hydrogen-bond acceptors (Lipinski definition) is 2. The molecule has 0 aromatic rings. The fraction of sp³-hybridized carbons (Fsp3) is 0.600. The Morgan fingerprint density at radius 1 is 1.17 bits per heavy atom. The molecule has 2 N–H and O–H groups in total. The molecular weight excluding hydrogens is 152 g/mol. The SMILES string of the molecule is CC(C)(C)C(=C\CO)/C=C/CO. The van der Waals surface area contributed by atoms with Gasteiger partial charge in [0.15, 0.2) is 0 Å². The minimum atomic E-state index is 0.0222. The van der Waals surface area contributed by atoms with Gasteiger partial charge in [-0.15, -0.1) is 0 Å². The molecule has 0 rings (SSSR count). The molecule has 0 aliphatic rings. The average Bonchev–Trinajstić information content (AvgIpc) is 1.95. The van der Waals surface area contributed by atoms with Crippen LogP contribution in [0, 0.1) is 5.41 Å². The molecule has 0 aliphatic carbocycles. The summed E-state index contributed by atoms with van der Waals surface area (Å²) < 4.78 is 0. The molecule has 0 saturated heterocycles. The van der Waals surface area contributed by atoms with E-state index in [0.29, 0.717) is 0 Å². The monoisotopic (exact) mass is 170 g/mol. The first-order valence-electron chi connectivity index (χ1n) is 4.11. The van der Waals surface area contributed by atoms with E-state index in [4.69, 9.17) is 10.2 Å². The first-order valence-corrected chi connectivity index (χ1v) is 4.11. The van der Waals surface area contributed by atoms with Crippen molar-refractivity contribution in [3.05, 3.63) is 23.8 Å². The van der Waals surface area contributed by atoms with Crippen molar-refractivity contribution in [3.63, 3.8) is 0 Å². The third kappa shape index (κ3) is 4.31. The molecule has 2 heteroatoms. The minimum absolute atomic E-state index is 0.0222. The summed E-state index contributed by atoms with van der Waals surface area (Å²) in [6.45, 7) is 6.28. The molecule has 0 radical (unpaired) electrons. The van der Waals surface area contributed by atoms with Crippen molar-refractivity contribution in [2.24, 2.45) is 5.41 Å². The van der Waals surface area contributed by atoms with E-state index in [1.54, 1.807) is 12.2 Å². The maximum Gasteiger partial charge on any atom is 0.0618 e. The van der Waals surface area contributed by atoms with E-state index in [1.165, 1.54) is 0 Å². The fourth-order valence-electron chi connectivity index (χ4n) is 0.902. The summed E-state index contributed by atoms with van der Waals surface area (Å²) in [4.78, 5) is 0. The van der Waals surface area contributed by atoms with E-state index in [1.807, 2.05) is 6.08 Å². The minimum Gasteiger partial charge on any atom is -0.392 e. The van der Waals surface area contributed by atoms with E-state index in [9.17, 15) is 0 Å². The Balaban J connectivity index is 4.46. The van der Waals surface area contributed by atoms with Crippen LogP contribution >= 0.6 is 0 Å². The van der Waals surface area contributed by atoms with Gasteiger partial charge in [0, 0.05) is 0 Å². The molecular formula is C10H18O2. The molecule has 0 unspecified atom stereocenters. The Morgan fingerprint density at radius 3 is 2.08 bits per heavy atom. The van der Waals surface area contributed by atoms with Crippen LogP contribution in [-0.2, 0) is 0 Å². The predicted octanol–water partition coefficient (Wildman–Crippen LogP) is 1.50. The van der Waals surface area contributed by atoms with E-state index in [-0.39, 0.29) is 18.6 Å². The average molecular weight is 170 g/mol. The number of aliphatic hydroxyl groups is 2. The van der Waals surface area contributed by atoms with E-state index >= 15 is 0 Å². The second kappa shape index (κ2) is 5.12. The van der Waals surface area contributed by atoms with E-state index in [2.05, 4.69) is 20.8 Å². The molecule has 0 amide bonds. The molecule has 0 bridgehead atoms. The van der Waals surface area contributed by atoms with Crippen molar-refractivity contribution in [1.29, 1.82) is 0 Å². The van der Waals surface area contributed by atoms with Crippen LogP contribution in [0.1, 0.15) is 20.8 Å². The van der Waals surface area contributed by atoms with Crippen LogP contribution in [0.5, 0.6) is 0 Å². The molecule has 0 aromatic carbocycles. The predicted molar refractivity (Wildman–Crippen MR) is 50.8 cm³/mol. The third-order valence-electron chi connectivity index (χ3n) is 1.58. The highest BCUT2D eigenvalue weighted by Crippen LogP contribution is 2.25. The molecule has 2 nitrogen and oxygen atoms in total. The van der Waals surface area contributed by atoms with E-state index < -0.39 is 0 Å². The number of hydrogen-bond donors (Lipinski definition) is 2. The summed E-state index contributed by atoms with van der Waals surface area (Å²) in [5.74, 6) is 0. The van der Waals surface area contributed by atoms with Crippen LogP contribution in [0.3, 0.4) is 0 Å².